The van der Waals surface area contributed by atoms with E-state index in [0.717, 1.165) is 52.1 Å². The molecule has 0 N–H and O–H groups in total. The van der Waals surface area contributed by atoms with Gasteiger partial charge in [-0.2, -0.15) is 0 Å². The standard InChI is InChI=1S/C10H18O4/c1-5-11-6-2-9(1)13-14-10-3-7-12-8-4-10/h9-10H,1-8H2. The second-order valence-corrected chi connectivity index (χ2v) is 3.82. The highest BCUT2D eigenvalue weighted by Gasteiger charge is 2.19. The van der Waals surface area contributed by atoms with E-state index in [1.807, 2.05) is 0 Å². The highest BCUT2D eigenvalue weighted by Crippen LogP contribution is 2.16. The van der Waals surface area contributed by atoms with Crippen molar-refractivity contribution < 1.29 is 19.2 Å². The molecule has 0 aromatic heterocycles. The van der Waals surface area contributed by atoms with Crippen LogP contribution in [0.1, 0.15) is 25.7 Å². The molecule has 0 aromatic rings. The molecule has 4 heteroatoms. The van der Waals surface area contributed by atoms with Crippen LogP contribution in [0.4, 0.5) is 0 Å². The smallest absolute Gasteiger partial charge is 0.0973 e. The Kier molecular flexibility index (Phi) is 4.19. The van der Waals surface area contributed by atoms with E-state index in [0.29, 0.717) is 0 Å². The average Bonchev–Trinajstić information content (AvgIpc) is 2.29. The van der Waals surface area contributed by atoms with E-state index in [1.165, 1.54) is 0 Å². The fraction of sp³-hybridized carbons (Fsp3) is 1.00. The highest BCUT2D eigenvalue weighted by atomic mass is 17.2. The molecule has 2 saturated heterocycles. The SMILES string of the molecule is C1CC(OOC2CCOCC2)CCO1. The van der Waals surface area contributed by atoms with Crippen LogP contribution in [-0.2, 0) is 19.2 Å². The third kappa shape index (κ3) is 3.20. The second kappa shape index (κ2) is 5.66. The summed E-state index contributed by atoms with van der Waals surface area (Å²) in [7, 11) is 0. The van der Waals surface area contributed by atoms with E-state index in [4.69, 9.17) is 19.2 Å². The van der Waals surface area contributed by atoms with Crippen molar-refractivity contribution in [1.29, 1.82) is 0 Å². The Bertz CT molecular complexity index is 132. The molecule has 0 saturated carbocycles. The largest absolute Gasteiger partial charge is 0.381 e. The zero-order valence-corrected chi connectivity index (χ0v) is 8.44. The predicted octanol–water partition coefficient (Wildman–Crippen LogP) is 1.29. The molecule has 0 aliphatic carbocycles. The summed E-state index contributed by atoms with van der Waals surface area (Å²) >= 11 is 0. The minimum absolute atomic E-state index is 0.228. The van der Waals surface area contributed by atoms with Crippen molar-refractivity contribution in [2.45, 2.75) is 37.9 Å². The molecule has 82 valence electrons. The van der Waals surface area contributed by atoms with Gasteiger partial charge in [-0.05, 0) is 0 Å². The molecule has 4 nitrogen and oxygen atoms in total. The lowest BCUT2D eigenvalue weighted by atomic mass is 10.1. The van der Waals surface area contributed by atoms with Crippen LogP contribution in [0.3, 0.4) is 0 Å². The van der Waals surface area contributed by atoms with Crippen LogP contribution in [0.25, 0.3) is 0 Å². The third-order valence-electron chi connectivity index (χ3n) is 2.66. The zero-order valence-electron chi connectivity index (χ0n) is 8.44. The lowest BCUT2D eigenvalue weighted by molar-refractivity contribution is -0.364. The molecule has 0 atom stereocenters. The number of hydrogen-bond acceptors (Lipinski definition) is 4. The summed E-state index contributed by atoms with van der Waals surface area (Å²) in [5, 5.41) is 0. The summed E-state index contributed by atoms with van der Waals surface area (Å²) in [4.78, 5) is 10.8. The van der Waals surface area contributed by atoms with Crippen LogP contribution in [0.15, 0.2) is 0 Å². The van der Waals surface area contributed by atoms with E-state index < -0.39 is 0 Å². The first-order chi connectivity index (χ1) is 6.95. The molecular weight excluding hydrogens is 184 g/mol. The molecule has 0 spiro atoms. The lowest BCUT2D eigenvalue weighted by Crippen LogP contribution is -2.29. The van der Waals surface area contributed by atoms with Gasteiger partial charge in [-0.25, -0.2) is 9.78 Å². The summed E-state index contributed by atoms with van der Waals surface area (Å²) in [5.74, 6) is 0. The molecule has 0 aromatic carbocycles. The highest BCUT2D eigenvalue weighted by molar-refractivity contribution is 4.63. The third-order valence-corrected chi connectivity index (χ3v) is 2.66. The predicted molar refractivity (Wildman–Crippen MR) is 49.9 cm³/mol. The first kappa shape index (κ1) is 10.4. The van der Waals surface area contributed by atoms with Gasteiger partial charge in [0.15, 0.2) is 0 Å². The summed E-state index contributed by atoms with van der Waals surface area (Å²) < 4.78 is 10.5. The maximum Gasteiger partial charge on any atom is 0.0973 e. The molecule has 0 radical (unpaired) electrons. The molecule has 2 rings (SSSR count). The van der Waals surface area contributed by atoms with Crippen molar-refractivity contribution in [3.8, 4) is 0 Å². The van der Waals surface area contributed by atoms with Crippen molar-refractivity contribution >= 4 is 0 Å². The fourth-order valence-corrected chi connectivity index (χ4v) is 1.70. The Morgan fingerprint density at radius 3 is 1.36 bits per heavy atom. The number of rotatable bonds is 3. The first-order valence-corrected chi connectivity index (χ1v) is 5.43. The van der Waals surface area contributed by atoms with Gasteiger partial charge in [0.1, 0.15) is 0 Å². The topological polar surface area (TPSA) is 36.9 Å². The average molecular weight is 202 g/mol. The molecule has 14 heavy (non-hydrogen) atoms. The maximum atomic E-state index is 5.39. The van der Waals surface area contributed by atoms with E-state index in [1.54, 1.807) is 0 Å². The number of hydrogen-bond donors (Lipinski definition) is 0. The van der Waals surface area contributed by atoms with E-state index >= 15 is 0 Å². The summed E-state index contributed by atoms with van der Waals surface area (Å²) in [6.45, 7) is 3.17. The first-order valence-electron chi connectivity index (χ1n) is 5.43. The van der Waals surface area contributed by atoms with Crippen molar-refractivity contribution in [3.63, 3.8) is 0 Å². The fourth-order valence-electron chi connectivity index (χ4n) is 1.70. The Labute approximate surface area is 84.4 Å². The van der Waals surface area contributed by atoms with E-state index in [-0.39, 0.29) is 12.2 Å². The molecule has 2 aliphatic rings. The van der Waals surface area contributed by atoms with Crippen molar-refractivity contribution in [2.75, 3.05) is 26.4 Å². The minimum Gasteiger partial charge on any atom is -0.381 e. The molecular formula is C10H18O4. The van der Waals surface area contributed by atoms with Gasteiger partial charge in [-0.3, -0.25) is 0 Å². The Morgan fingerprint density at radius 1 is 0.643 bits per heavy atom. The van der Waals surface area contributed by atoms with Crippen LogP contribution in [-0.4, -0.2) is 38.6 Å². The summed E-state index contributed by atoms with van der Waals surface area (Å²) in [6.07, 6.45) is 4.25. The lowest BCUT2D eigenvalue weighted by Gasteiger charge is -2.26. The maximum absolute atomic E-state index is 5.39. The Hall–Kier alpha value is -0.160. The van der Waals surface area contributed by atoms with Crippen LogP contribution >= 0.6 is 0 Å². The van der Waals surface area contributed by atoms with E-state index in [2.05, 4.69) is 0 Å². The van der Waals surface area contributed by atoms with Crippen molar-refractivity contribution in [3.05, 3.63) is 0 Å². The van der Waals surface area contributed by atoms with Gasteiger partial charge in [0.2, 0.25) is 0 Å². The summed E-state index contributed by atoms with van der Waals surface area (Å²) in [6, 6.07) is 0. The Morgan fingerprint density at radius 2 is 1.00 bits per heavy atom. The molecule has 2 aliphatic heterocycles. The van der Waals surface area contributed by atoms with Crippen LogP contribution < -0.4 is 0 Å². The molecule has 0 bridgehead atoms. The van der Waals surface area contributed by atoms with Gasteiger partial charge in [0, 0.05) is 52.1 Å². The van der Waals surface area contributed by atoms with Crippen LogP contribution in [0, 0.1) is 0 Å². The Balaban J connectivity index is 1.60. The monoisotopic (exact) mass is 202 g/mol. The van der Waals surface area contributed by atoms with Gasteiger partial charge in [-0.15, -0.1) is 0 Å². The van der Waals surface area contributed by atoms with Crippen molar-refractivity contribution in [1.82, 2.24) is 0 Å². The second-order valence-electron chi connectivity index (χ2n) is 3.82. The molecule has 2 heterocycles. The van der Waals surface area contributed by atoms with Gasteiger partial charge < -0.3 is 9.47 Å². The van der Waals surface area contributed by atoms with Gasteiger partial charge >= 0.3 is 0 Å². The van der Waals surface area contributed by atoms with Crippen LogP contribution in [0.5, 0.6) is 0 Å². The number of ether oxygens (including phenoxy) is 2. The minimum atomic E-state index is 0.228. The van der Waals surface area contributed by atoms with Crippen molar-refractivity contribution in [2.24, 2.45) is 0 Å². The van der Waals surface area contributed by atoms with Gasteiger partial charge in [-0.1, -0.05) is 0 Å². The molecule has 2 fully saturated rings. The van der Waals surface area contributed by atoms with E-state index in [9.17, 15) is 0 Å². The molecule has 0 amide bonds. The van der Waals surface area contributed by atoms with Gasteiger partial charge in [0.05, 0.1) is 12.2 Å². The normalized spacial score (nSPS) is 26.6. The van der Waals surface area contributed by atoms with Crippen LogP contribution in [0.2, 0.25) is 0 Å². The van der Waals surface area contributed by atoms with Gasteiger partial charge in [0.25, 0.3) is 0 Å². The molecule has 0 unspecified atom stereocenters. The quantitative estimate of drug-likeness (QED) is 0.510. The zero-order chi connectivity index (χ0) is 9.64. The summed E-state index contributed by atoms with van der Waals surface area (Å²) in [5.41, 5.74) is 0.